The largest absolute Gasteiger partial charge is 0.443 e. The SMILES string of the molecule is CN1CCCC(c2cc3c4c(cccc4c2)N(C(=O)OC(C)(C)C)C3=O)C1. The van der Waals surface area contributed by atoms with E-state index in [2.05, 4.69) is 18.0 Å². The molecule has 0 bridgehead atoms. The highest BCUT2D eigenvalue weighted by atomic mass is 16.6. The number of ether oxygens (including phenoxy) is 1. The number of piperidine rings is 1. The molecule has 5 heteroatoms. The van der Waals surface area contributed by atoms with Gasteiger partial charge < -0.3 is 9.64 Å². The van der Waals surface area contributed by atoms with Gasteiger partial charge in [0.2, 0.25) is 0 Å². The molecule has 0 radical (unpaired) electrons. The van der Waals surface area contributed by atoms with E-state index in [0.717, 1.165) is 36.7 Å². The van der Waals surface area contributed by atoms with Crippen molar-refractivity contribution in [3.8, 4) is 0 Å². The van der Waals surface area contributed by atoms with Crippen LogP contribution in [-0.2, 0) is 4.74 Å². The third-order valence-corrected chi connectivity index (χ3v) is 5.32. The molecule has 0 aromatic heterocycles. The maximum atomic E-state index is 13.1. The molecule has 2 aromatic rings. The summed E-state index contributed by atoms with van der Waals surface area (Å²) in [5.74, 6) is 0.123. The smallest absolute Gasteiger partial charge is 0.422 e. The van der Waals surface area contributed by atoms with Crippen LogP contribution in [0.15, 0.2) is 30.3 Å². The van der Waals surface area contributed by atoms with Gasteiger partial charge in [0, 0.05) is 11.9 Å². The molecule has 0 N–H and O–H groups in total. The predicted octanol–water partition coefficient (Wildman–Crippen LogP) is 4.54. The Bertz CT molecular complexity index is 929. The zero-order valence-corrected chi connectivity index (χ0v) is 16.4. The number of carbonyl (C=O) groups excluding carboxylic acids is 2. The topological polar surface area (TPSA) is 49.9 Å². The van der Waals surface area contributed by atoms with Crippen LogP contribution in [0.25, 0.3) is 10.8 Å². The average molecular weight is 366 g/mol. The molecule has 27 heavy (non-hydrogen) atoms. The third kappa shape index (κ3) is 3.21. The number of carbonyl (C=O) groups is 2. The van der Waals surface area contributed by atoms with Gasteiger partial charge >= 0.3 is 6.09 Å². The minimum Gasteiger partial charge on any atom is -0.443 e. The lowest BCUT2D eigenvalue weighted by molar-refractivity contribution is 0.0567. The molecule has 5 nitrogen and oxygen atoms in total. The lowest BCUT2D eigenvalue weighted by atomic mass is 9.88. The van der Waals surface area contributed by atoms with E-state index in [1.54, 1.807) is 20.8 Å². The fraction of sp³-hybridized carbons (Fsp3) is 0.455. The highest BCUT2D eigenvalue weighted by Crippen LogP contribution is 2.40. The number of rotatable bonds is 1. The molecule has 2 aliphatic heterocycles. The maximum Gasteiger partial charge on any atom is 0.422 e. The van der Waals surface area contributed by atoms with Crippen molar-refractivity contribution < 1.29 is 14.3 Å². The van der Waals surface area contributed by atoms with Gasteiger partial charge in [-0.2, -0.15) is 0 Å². The molecule has 2 aliphatic rings. The number of anilines is 1. The normalized spacial score (nSPS) is 20.4. The molecule has 4 rings (SSSR count). The Morgan fingerprint density at radius 1 is 1.22 bits per heavy atom. The summed E-state index contributed by atoms with van der Waals surface area (Å²) >= 11 is 0. The molecule has 0 spiro atoms. The summed E-state index contributed by atoms with van der Waals surface area (Å²) in [6.45, 7) is 7.52. The second-order valence-electron chi connectivity index (χ2n) is 8.67. The summed E-state index contributed by atoms with van der Waals surface area (Å²) in [7, 11) is 2.14. The van der Waals surface area contributed by atoms with Crippen molar-refractivity contribution in [1.82, 2.24) is 4.90 Å². The summed E-state index contributed by atoms with van der Waals surface area (Å²) < 4.78 is 5.47. The Kier molecular flexibility index (Phi) is 4.22. The number of likely N-dealkylation sites (tertiary alicyclic amines) is 1. The second kappa shape index (κ2) is 6.34. The molecule has 2 heterocycles. The van der Waals surface area contributed by atoms with Gasteiger partial charge in [0.25, 0.3) is 5.91 Å². The van der Waals surface area contributed by atoms with Gasteiger partial charge in [0.15, 0.2) is 0 Å². The summed E-state index contributed by atoms with van der Waals surface area (Å²) in [6.07, 6.45) is 1.67. The third-order valence-electron chi connectivity index (χ3n) is 5.32. The van der Waals surface area contributed by atoms with Crippen molar-refractivity contribution in [3.05, 3.63) is 41.5 Å². The van der Waals surface area contributed by atoms with E-state index in [9.17, 15) is 9.59 Å². The van der Waals surface area contributed by atoms with E-state index in [1.807, 2.05) is 24.3 Å². The van der Waals surface area contributed by atoms with Crippen LogP contribution in [0.1, 0.15) is 55.5 Å². The van der Waals surface area contributed by atoms with Gasteiger partial charge in [-0.25, -0.2) is 9.69 Å². The van der Waals surface area contributed by atoms with Crippen molar-refractivity contribution in [2.45, 2.75) is 45.1 Å². The molecular weight excluding hydrogens is 340 g/mol. The van der Waals surface area contributed by atoms with E-state index in [-0.39, 0.29) is 5.91 Å². The van der Waals surface area contributed by atoms with Crippen molar-refractivity contribution in [1.29, 1.82) is 0 Å². The van der Waals surface area contributed by atoms with Gasteiger partial charge in [0.05, 0.1) is 11.3 Å². The molecule has 1 atom stereocenters. The molecule has 0 aliphatic carbocycles. The minimum atomic E-state index is -0.655. The van der Waals surface area contributed by atoms with Crippen LogP contribution >= 0.6 is 0 Å². The maximum absolute atomic E-state index is 13.1. The zero-order chi connectivity index (χ0) is 19.3. The number of amides is 2. The molecule has 0 saturated carbocycles. The Hall–Kier alpha value is -2.40. The van der Waals surface area contributed by atoms with Crippen molar-refractivity contribution in [2.75, 3.05) is 25.0 Å². The van der Waals surface area contributed by atoms with Crippen molar-refractivity contribution in [3.63, 3.8) is 0 Å². The second-order valence-corrected chi connectivity index (χ2v) is 8.67. The first kappa shape index (κ1) is 18.0. The zero-order valence-electron chi connectivity index (χ0n) is 16.4. The molecule has 142 valence electrons. The highest BCUT2D eigenvalue weighted by Gasteiger charge is 2.37. The van der Waals surface area contributed by atoms with Crippen LogP contribution in [0, 0.1) is 0 Å². The van der Waals surface area contributed by atoms with Gasteiger partial charge in [-0.1, -0.05) is 18.2 Å². The summed E-state index contributed by atoms with van der Waals surface area (Å²) in [5.41, 5.74) is 1.75. The molecule has 1 unspecified atom stereocenters. The minimum absolute atomic E-state index is 0.290. The Balaban J connectivity index is 1.77. The van der Waals surface area contributed by atoms with Crippen LogP contribution in [0.2, 0.25) is 0 Å². The standard InChI is InChI=1S/C22H26N2O3/c1-22(2,3)27-21(26)24-18-9-5-7-14-11-16(12-17(19(14)18)20(24)25)15-8-6-10-23(4)13-15/h5,7,9,11-12,15H,6,8,10,13H2,1-4H3. The number of benzene rings is 2. The lowest BCUT2D eigenvalue weighted by Gasteiger charge is -2.30. The lowest BCUT2D eigenvalue weighted by Crippen LogP contribution is -2.38. The first-order chi connectivity index (χ1) is 12.7. The van der Waals surface area contributed by atoms with Crippen LogP contribution < -0.4 is 4.90 Å². The Morgan fingerprint density at radius 3 is 2.70 bits per heavy atom. The van der Waals surface area contributed by atoms with E-state index in [0.29, 0.717) is 17.2 Å². The number of hydrogen-bond donors (Lipinski definition) is 0. The number of likely N-dealkylation sites (N-methyl/N-ethyl adjacent to an activating group) is 1. The molecular formula is C22H26N2O3. The van der Waals surface area contributed by atoms with Gasteiger partial charge in [-0.15, -0.1) is 0 Å². The average Bonchev–Trinajstić information content (AvgIpc) is 2.87. The first-order valence-electron chi connectivity index (χ1n) is 9.57. The number of imide groups is 1. The molecule has 1 fully saturated rings. The first-order valence-corrected chi connectivity index (χ1v) is 9.57. The Labute approximate surface area is 159 Å². The quantitative estimate of drug-likeness (QED) is 0.743. The summed E-state index contributed by atoms with van der Waals surface area (Å²) in [5, 5.41) is 1.86. The summed E-state index contributed by atoms with van der Waals surface area (Å²) in [4.78, 5) is 29.3. The van der Waals surface area contributed by atoms with Gasteiger partial charge in [0.1, 0.15) is 5.60 Å². The van der Waals surface area contributed by atoms with Crippen LogP contribution in [0.3, 0.4) is 0 Å². The van der Waals surface area contributed by atoms with Crippen LogP contribution in [0.4, 0.5) is 10.5 Å². The van der Waals surface area contributed by atoms with E-state index in [4.69, 9.17) is 4.74 Å². The van der Waals surface area contributed by atoms with Crippen molar-refractivity contribution >= 4 is 28.5 Å². The number of nitrogens with zero attached hydrogens (tertiary/aromatic N) is 2. The van der Waals surface area contributed by atoms with Crippen LogP contribution in [0.5, 0.6) is 0 Å². The fourth-order valence-electron chi connectivity index (χ4n) is 4.18. The fourth-order valence-corrected chi connectivity index (χ4v) is 4.18. The molecule has 2 amide bonds. The Morgan fingerprint density at radius 2 is 2.00 bits per heavy atom. The van der Waals surface area contributed by atoms with Crippen molar-refractivity contribution in [2.24, 2.45) is 0 Å². The highest BCUT2D eigenvalue weighted by molar-refractivity contribution is 6.32. The van der Waals surface area contributed by atoms with Gasteiger partial charge in [-0.05, 0) is 76.2 Å². The van der Waals surface area contributed by atoms with E-state index in [1.165, 1.54) is 10.5 Å². The van der Waals surface area contributed by atoms with Crippen LogP contribution in [-0.4, -0.2) is 42.6 Å². The predicted molar refractivity (Wildman–Crippen MR) is 106 cm³/mol. The van der Waals surface area contributed by atoms with Gasteiger partial charge in [-0.3, -0.25) is 4.79 Å². The number of hydrogen-bond acceptors (Lipinski definition) is 4. The van der Waals surface area contributed by atoms with E-state index >= 15 is 0 Å². The molecule has 2 aromatic carbocycles. The summed E-state index contributed by atoms with van der Waals surface area (Å²) in [6, 6.07) is 9.90. The monoisotopic (exact) mass is 366 g/mol. The van der Waals surface area contributed by atoms with E-state index < -0.39 is 11.7 Å². The molecule has 1 saturated heterocycles.